The average molecular weight is 329 g/mol. The van der Waals surface area contributed by atoms with Crippen molar-refractivity contribution in [1.29, 1.82) is 0 Å². The van der Waals surface area contributed by atoms with Crippen molar-refractivity contribution in [3.63, 3.8) is 0 Å². The van der Waals surface area contributed by atoms with E-state index in [4.69, 9.17) is 0 Å². The summed E-state index contributed by atoms with van der Waals surface area (Å²) in [5, 5.41) is 14.2. The second-order valence-corrected chi connectivity index (χ2v) is 5.00. The van der Waals surface area contributed by atoms with Crippen LogP contribution in [0.2, 0.25) is 0 Å². The Kier molecular flexibility index (Phi) is 7.02. The molecule has 19 heavy (non-hydrogen) atoms. The molecule has 0 atom stereocenters. The van der Waals surface area contributed by atoms with E-state index in [9.17, 15) is 10.1 Å². The minimum atomic E-state index is -0.338. The highest BCUT2D eigenvalue weighted by Gasteiger charge is 2.12. The summed E-state index contributed by atoms with van der Waals surface area (Å²) in [6, 6.07) is 7.46. The van der Waals surface area contributed by atoms with Crippen LogP contribution in [0.3, 0.4) is 0 Å². The Morgan fingerprint density at radius 2 is 1.89 bits per heavy atom. The third-order valence-corrected chi connectivity index (χ3v) is 3.57. The summed E-state index contributed by atoms with van der Waals surface area (Å²) >= 11 is 0. The maximum absolute atomic E-state index is 10.7. The number of hydrogen-bond acceptors (Lipinski definition) is 3. The fourth-order valence-electron chi connectivity index (χ4n) is 2.53. The Bertz CT molecular complexity index is 404. The largest absolute Gasteiger partial charge is 0.310 e. The van der Waals surface area contributed by atoms with Crippen LogP contribution in [0, 0.1) is 10.1 Å². The Morgan fingerprint density at radius 3 is 2.53 bits per heavy atom. The van der Waals surface area contributed by atoms with Gasteiger partial charge < -0.3 is 5.32 Å². The van der Waals surface area contributed by atoms with Crippen LogP contribution in [-0.2, 0) is 6.54 Å². The predicted octanol–water partition coefficient (Wildman–Crippen LogP) is 3.99. The topological polar surface area (TPSA) is 55.2 Å². The summed E-state index contributed by atoms with van der Waals surface area (Å²) in [6.45, 7) is 0.729. The second kappa shape index (κ2) is 8.27. The highest BCUT2D eigenvalue weighted by molar-refractivity contribution is 8.93. The van der Waals surface area contributed by atoms with Gasteiger partial charge in [-0.2, -0.15) is 0 Å². The van der Waals surface area contributed by atoms with Gasteiger partial charge in [0.05, 0.1) is 4.92 Å². The van der Waals surface area contributed by atoms with Crippen LogP contribution in [-0.4, -0.2) is 11.0 Å². The maximum Gasteiger partial charge on any atom is 0.269 e. The average Bonchev–Trinajstić information content (AvgIpc) is 2.65. The fraction of sp³-hybridized carbons (Fsp3) is 0.571. The molecule has 4 nitrogen and oxygen atoms in total. The third kappa shape index (κ3) is 5.28. The zero-order chi connectivity index (χ0) is 12.8. The molecule has 1 fully saturated rings. The molecule has 1 aliphatic rings. The Hall–Kier alpha value is -0.940. The first-order chi connectivity index (χ1) is 8.75. The number of hydrogen-bond donors (Lipinski definition) is 1. The van der Waals surface area contributed by atoms with Crippen LogP contribution in [0.15, 0.2) is 24.3 Å². The van der Waals surface area contributed by atoms with Crippen molar-refractivity contribution in [2.45, 2.75) is 51.1 Å². The van der Waals surface area contributed by atoms with Gasteiger partial charge in [0.1, 0.15) is 0 Å². The van der Waals surface area contributed by atoms with Gasteiger partial charge in [-0.1, -0.05) is 37.8 Å². The first-order valence-electron chi connectivity index (χ1n) is 6.72. The Balaban J connectivity index is 0.00000180. The van der Waals surface area contributed by atoms with Crippen LogP contribution in [0.25, 0.3) is 0 Å². The molecule has 1 aromatic rings. The van der Waals surface area contributed by atoms with Crippen LogP contribution in [0.5, 0.6) is 0 Å². The van der Waals surface area contributed by atoms with Crippen LogP contribution in [0.1, 0.15) is 44.1 Å². The van der Waals surface area contributed by atoms with E-state index < -0.39 is 0 Å². The molecule has 0 aliphatic heterocycles. The van der Waals surface area contributed by atoms with Gasteiger partial charge in [0, 0.05) is 24.7 Å². The molecule has 1 saturated carbocycles. The Labute approximate surface area is 124 Å². The van der Waals surface area contributed by atoms with E-state index in [-0.39, 0.29) is 27.6 Å². The number of nitro benzene ring substituents is 1. The normalized spacial score (nSPS) is 16.4. The lowest BCUT2D eigenvalue weighted by Crippen LogP contribution is -2.27. The van der Waals surface area contributed by atoms with E-state index in [1.54, 1.807) is 12.1 Å². The molecule has 1 aliphatic carbocycles. The van der Waals surface area contributed by atoms with Crippen molar-refractivity contribution in [2.24, 2.45) is 0 Å². The van der Waals surface area contributed by atoms with Crippen LogP contribution >= 0.6 is 17.0 Å². The lowest BCUT2D eigenvalue weighted by molar-refractivity contribution is -0.384. The zero-order valence-corrected chi connectivity index (χ0v) is 12.7. The number of benzene rings is 1. The minimum absolute atomic E-state index is 0. The number of halogens is 1. The summed E-state index contributed by atoms with van der Waals surface area (Å²) in [5.74, 6) is 0. The third-order valence-electron chi connectivity index (χ3n) is 3.57. The Morgan fingerprint density at radius 1 is 1.21 bits per heavy atom. The van der Waals surface area contributed by atoms with Gasteiger partial charge in [0.25, 0.3) is 5.69 Å². The van der Waals surface area contributed by atoms with Gasteiger partial charge in [0.2, 0.25) is 0 Å². The quantitative estimate of drug-likeness (QED) is 0.516. The SMILES string of the molecule is Br.O=[N+]([O-])c1cccc(CNC2CCCCCC2)c1. The second-order valence-electron chi connectivity index (χ2n) is 5.00. The van der Waals surface area contributed by atoms with E-state index >= 15 is 0 Å². The van der Waals surface area contributed by atoms with Crippen molar-refractivity contribution in [2.75, 3.05) is 0 Å². The van der Waals surface area contributed by atoms with E-state index in [1.165, 1.54) is 44.6 Å². The van der Waals surface area contributed by atoms with Gasteiger partial charge in [0.15, 0.2) is 0 Å². The molecule has 0 saturated heterocycles. The number of nitrogens with zero attached hydrogens (tertiary/aromatic N) is 1. The summed E-state index contributed by atoms with van der Waals surface area (Å²) < 4.78 is 0. The monoisotopic (exact) mass is 328 g/mol. The lowest BCUT2D eigenvalue weighted by Gasteiger charge is -2.16. The molecule has 0 unspecified atom stereocenters. The standard InChI is InChI=1S/C14H20N2O2.BrH/c17-16(18)14-9-5-6-12(10-14)11-15-13-7-3-1-2-4-8-13;/h5-6,9-10,13,15H,1-4,7-8,11H2;1H. The van der Waals surface area contributed by atoms with Crippen LogP contribution < -0.4 is 5.32 Å². The number of nitro groups is 1. The van der Waals surface area contributed by atoms with E-state index in [0.29, 0.717) is 6.04 Å². The molecular weight excluding hydrogens is 308 g/mol. The summed E-state index contributed by atoms with van der Waals surface area (Å²) in [4.78, 5) is 10.4. The van der Waals surface area contributed by atoms with E-state index in [1.807, 2.05) is 6.07 Å². The van der Waals surface area contributed by atoms with Crippen molar-refractivity contribution in [3.8, 4) is 0 Å². The van der Waals surface area contributed by atoms with Crippen LogP contribution in [0.4, 0.5) is 5.69 Å². The van der Waals surface area contributed by atoms with E-state index in [2.05, 4.69) is 5.32 Å². The lowest BCUT2D eigenvalue weighted by atomic mass is 10.1. The smallest absolute Gasteiger partial charge is 0.269 e. The van der Waals surface area contributed by atoms with Crippen molar-refractivity contribution < 1.29 is 4.92 Å². The first kappa shape index (κ1) is 16.1. The fourth-order valence-corrected chi connectivity index (χ4v) is 2.53. The predicted molar refractivity (Wildman–Crippen MR) is 81.7 cm³/mol. The number of nitrogens with one attached hydrogen (secondary N) is 1. The molecule has 5 heteroatoms. The molecule has 1 aromatic carbocycles. The van der Waals surface area contributed by atoms with Crippen molar-refractivity contribution in [1.82, 2.24) is 5.32 Å². The molecule has 0 spiro atoms. The molecule has 106 valence electrons. The maximum atomic E-state index is 10.7. The van der Waals surface area contributed by atoms with Crippen molar-refractivity contribution in [3.05, 3.63) is 39.9 Å². The highest BCUT2D eigenvalue weighted by atomic mass is 79.9. The van der Waals surface area contributed by atoms with Crippen molar-refractivity contribution >= 4 is 22.7 Å². The summed E-state index contributed by atoms with van der Waals surface area (Å²) in [5.41, 5.74) is 1.17. The summed E-state index contributed by atoms with van der Waals surface area (Å²) in [6.07, 6.45) is 7.74. The molecule has 0 radical (unpaired) electrons. The zero-order valence-electron chi connectivity index (χ0n) is 11.0. The molecule has 1 N–H and O–H groups in total. The highest BCUT2D eigenvalue weighted by Crippen LogP contribution is 2.18. The van der Waals surface area contributed by atoms with Gasteiger partial charge in [-0.15, -0.1) is 17.0 Å². The first-order valence-corrected chi connectivity index (χ1v) is 6.72. The molecule has 0 heterocycles. The molecule has 0 aromatic heterocycles. The molecule has 0 amide bonds. The van der Waals surface area contributed by atoms with Gasteiger partial charge >= 0.3 is 0 Å². The van der Waals surface area contributed by atoms with Gasteiger partial charge in [-0.05, 0) is 18.4 Å². The molecular formula is C14H21BrN2O2. The molecule has 0 bridgehead atoms. The van der Waals surface area contributed by atoms with Gasteiger partial charge in [-0.3, -0.25) is 10.1 Å². The minimum Gasteiger partial charge on any atom is -0.310 e. The van der Waals surface area contributed by atoms with E-state index in [0.717, 1.165) is 12.1 Å². The molecule has 2 rings (SSSR count). The number of rotatable bonds is 4. The number of non-ortho nitro benzene ring substituents is 1. The summed E-state index contributed by atoms with van der Waals surface area (Å²) in [7, 11) is 0. The van der Waals surface area contributed by atoms with Gasteiger partial charge in [-0.25, -0.2) is 0 Å².